The molecule has 3 heterocycles. The van der Waals surface area contributed by atoms with Crippen molar-refractivity contribution < 1.29 is 13.3 Å². The normalized spacial score (nSPS) is 12.5. The molecule has 0 N–H and O–H groups in total. The summed E-state index contributed by atoms with van der Waals surface area (Å²) in [4.78, 5) is 0. The number of hydrogen-bond donors (Lipinski definition) is 0. The van der Waals surface area contributed by atoms with E-state index in [-0.39, 0.29) is 0 Å². The van der Waals surface area contributed by atoms with Gasteiger partial charge in [0.1, 0.15) is 33.5 Å². The average molecular weight is 506 g/mol. The number of halogens is 2. The number of benzene rings is 4. The number of para-hydroxylation sites is 2. The summed E-state index contributed by atoms with van der Waals surface area (Å²) >= 11 is 7.38. The van der Waals surface area contributed by atoms with Gasteiger partial charge in [-0.15, -0.1) is 0 Å². The zero-order chi connectivity index (χ0) is 19.3. The summed E-state index contributed by atoms with van der Waals surface area (Å²) in [7, 11) is 0. The Kier molecular flexibility index (Phi) is 3.01. The van der Waals surface area contributed by atoms with Crippen LogP contribution in [-0.4, -0.2) is 0 Å². The molecule has 3 nitrogen and oxygen atoms in total. The molecule has 0 aliphatic heterocycles. The van der Waals surface area contributed by atoms with E-state index in [9.17, 15) is 0 Å². The Morgan fingerprint density at radius 1 is 0.483 bits per heavy atom. The first-order valence-electron chi connectivity index (χ1n) is 9.16. The minimum Gasteiger partial charge on any atom is -0.456 e. The van der Waals surface area contributed by atoms with Gasteiger partial charge in [0.15, 0.2) is 0 Å². The van der Waals surface area contributed by atoms with Crippen LogP contribution in [0.1, 0.15) is 0 Å². The van der Waals surface area contributed by atoms with Crippen molar-refractivity contribution in [3.05, 3.63) is 69.6 Å². The second-order valence-corrected chi connectivity index (χ2v) is 8.88. The molecule has 0 aliphatic carbocycles. The SMILES string of the molecule is Brc1cc2oc3cc(Br)c4c5ccccc5oc4c3c2c2c1oc1ccccc12. The van der Waals surface area contributed by atoms with Gasteiger partial charge in [0.25, 0.3) is 0 Å². The van der Waals surface area contributed by atoms with Crippen LogP contribution in [0.2, 0.25) is 0 Å². The van der Waals surface area contributed by atoms with Crippen molar-refractivity contribution in [2.45, 2.75) is 0 Å². The van der Waals surface area contributed by atoms with E-state index >= 15 is 0 Å². The average Bonchev–Trinajstić information content (AvgIpc) is 3.38. The first-order chi connectivity index (χ1) is 14.2. The molecular weight excluding hydrogens is 496 g/mol. The van der Waals surface area contributed by atoms with Crippen LogP contribution in [0.4, 0.5) is 0 Å². The van der Waals surface area contributed by atoms with Gasteiger partial charge in [0, 0.05) is 31.4 Å². The van der Waals surface area contributed by atoms with E-state index in [1.807, 2.05) is 48.5 Å². The summed E-state index contributed by atoms with van der Waals surface area (Å²) < 4.78 is 20.6. The smallest absolute Gasteiger partial charge is 0.150 e. The molecule has 0 amide bonds. The molecule has 0 fully saturated rings. The van der Waals surface area contributed by atoms with E-state index in [2.05, 4.69) is 44.0 Å². The molecule has 138 valence electrons. The standard InChI is InChI=1S/C24H10Br2O3/c25-13-9-18-22(24-19(13)11-5-1-3-7-15(11)29-24)21-17(27-18)10-14(26)23-20(21)12-6-2-4-8-16(12)28-23/h1-10H. The highest BCUT2D eigenvalue weighted by Gasteiger charge is 2.23. The lowest BCUT2D eigenvalue weighted by Crippen LogP contribution is -1.75. The molecule has 0 aliphatic rings. The van der Waals surface area contributed by atoms with Gasteiger partial charge >= 0.3 is 0 Å². The highest BCUT2D eigenvalue weighted by Crippen LogP contribution is 2.47. The molecule has 0 bridgehead atoms. The molecule has 7 aromatic rings. The van der Waals surface area contributed by atoms with E-state index in [0.717, 1.165) is 74.8 Å². The van der Waals surface area contributed by atoms with Gasteiger partial charge in [0.05, 0.1) is 9.86 Å². The Labute approximate surface area is 180 Å². The molecule has 29 heavy (non-hydrogen) atoms. The molecule has 0 atom stereocenters. The van der Waals surface area contributed by atoms with Crippen LogP contribution in [0, 0.1) is 0 Å². The highest BCUT2D eigenvalue weighted by atomic mass is 79.9. The lowest BCUT2D eigenvalue weighted by molar-refractivity contribution is 0.658. The van der Waals surface area contributed by atoms with Gasteiger partial charge < -0.3 is 13.3 Å². The number of furan rings is 3. The van der Waals surface area contributed by atoms with E-state index < -0.39 is 0 Å². The monoisotopic (exact) mass is 504 g/mol. The first kappa shape index (κ1) is 16.1. The maximum absolute atomic E-state index is 6.35. The third-order valence-corrected chi connectivity index (χ3v) is 6.82. The van der Waals surface area contributed by atoms with Gasteiger partial charge in [0.2, 0.25) is 0 Å². The van der Waals surface area contributed by atoms with E-state index in [4.69, 9.17) is 13.3 Å². The second-order valence-electron chi connectivity index (χ2n) is 7.17. The fraction of sp³-hybridized carbons (Fsp3) is 0. The summed E-state index contributed by atoms with van der Waals surface area (Å²) in [6.07, 6.45) is 0. The third kappa shape index (κ3) is 1.97. The van der Waals surface area contributed by atoms with E-state index in [1.54, 1.807) is 0 Å². The largest absolute Gasteiger partial charge is 0.456 e. The molecule has 0 saturated heterocycles. The van der Waals surface area contributed by atoms with Crippen LogP contribution in [0.5, 0.6) is 0 Å². The molecule has 7 rings (SSSR count). The van der Waals surface area contributed by atoms with Gasteiger partial charge in [-0.1, -0.05) is 36.4 Å². The zero-order valence-corrected chi connectivity index (χ0v) is 17.9. The van der Waals surface area contributed by atoms with Crippen molar-refractivity contribution in [1.82, 2.24) is 0 Å². The number of hydrogen-bond acceptors (Lipinski definition) is 3. The van der Waals surface area contributed by atoms with Crippen molar-refractivity contribution >= 4 is 97.7 Å². The third-order valence-electron chi connectivity index (χ3n) is 5.60. The van der Waals surface area contributed by atoms with Crippen molar-refractivity contribution in [3.8, 4) is 0 Å². The number of rotatable bonds is 0. The number of fused-ring (bicyclic) bond motifs is 11. The van der Waals surface area contributed by atoms with Crippen LogP contribution in [0.3, 0.4) is 0 Å². The topological polar surface area (TPSA) is 39.4 Å². The highest BCUT2D eigenvalue weighted by molar-refractivity contribution is 9.11. The molecular formula is C24H10Br2O3. The predicted molar refractivity (Wildman–Crippen MR) is 124 cm³/mol. The Bertz CT molecular complexity index is 1780. The Morgan fingerprint density at radius 3 is 1.83 bits per heavy atom. The summed E-state index contributed by atoms with van der Waals surface area (Å²) in [6.45, 7) is 0. The minimum absolute atomic E-state index is 0.781. The lowest BCUT2D eigenvalue weighted by atomic mass is 10.0. The summed E-state index contributed by atoms with van der Waals surface area (Å²) in [5, 5.41) is 6.21. The van der Waals surface area contributed by atoms with Gasteiger partial charge in [-0.3, -0.25) is 0 Å². The Hall–Kier alpha value is -2.76. The molecule has 0 radical (unpaired) electrons. The van der Waals surface area contributed by atoms with Crippen molar-refractivity contribution in [2.24, 2.45) is 0 Å². The second kappa shape index (κ2) is 5.43. The molecule has 0 saturated carbocycles. The van der Waals surface area contributed by atoms with Crippen molar-refractivity contribution in [2.75, 3.05) is 0 Å². The quantitative estimate of drug-likeness (QED) is 0.206. The summed E-state index contributed by atoms with van der Waals surface area (Å²) in [6, 6.07) is 20.2. The Balaban J connectivity index is 1.86. The fourth-order valence-electron chi connectivity index (χ4n) is 4.43. The van der Waals surface area contributed by atoms with Crippen LogP contribution < -0.4 is 0 Å². The molecule has 5 heteroatoms. The van der Waals surface area contributed by atoms with Gasteiger partial charge in [-0.2, -0.15) is 0 Å². The molecule has 4 aromatic carbocycles. The van der Waals surface area contributed by atoms with Crippen LogP contribution in [-0.2, 0) is 0 Å². The fourth-order valence-corrected chi connectivity index (χ4v) is 5.52. The van der Waals surface area contributed by atoms with E-state index in [0.29, 0.717) is 0 Å². The van der Waals surface area contributed by atoms with E-state index in [1.165, 1.54) is 0 Å². The Morgan fingerprint density at radius 2 is 1.07 bits per heavy atom. The molecule has 3 aromatic heterocycles. The first-order valence-corrected chi connectivity index (χ1v) is 10.7. The van der Waals surface area contributed by atoms with Crippen molar-refractivity contribution in [1.29, 1.82) is 0 Å². The molecule has 0 spiro atoms. The predicted octanol–water partition coefficient (Wildman–Crippen LogP) is 8.91. The molecule has 0 unspecified atom stereocenters. The maximum atomic E-state index is 6.35. The van der Waals surface area contributed by atoms with Crippen molar-refractivity contribution in [3.63, 3.8) is 0 Å². The minimum atomic E-state index is 0.781. The maximum Gasteiger partial charge on any atom is 0.150 e. The lowest BCUT2D eigenvalue weighted by Gasteiger charge is -1.98. The summed E-state index contributed by atoms with van der Waals surface area (Å²) in [5.41, 5.74) is 4.92. The van der Waals surface area contributed by atoms with Crippen LogP contribution >= 0.6 is 31.9 Å². The zero-order valence-electron chi connectivity index (χ0n) is 14.8. The van der Waals surface area contributed by atoms with Gasteiger partial charge in [-0.05, 0) is 56.1 Å². The summed E-state index contributed by atoms with van der Waals surface area (Å²) in [5.74, 6) is 0. The van der Waals surface area contributed by atoms with Crippen LogP contribution in [0.25, 0.3) is 65.8 Å². The van der Waals surface area contributed by atoms with Gasteiger partial charge in [-0.25, -0.2) is 0 Å². The van der Waals surface area contributed by atoms with Crippen LogP contribution in [0.15, 0.2) is 82.9 Å².